The van der Waals surface area contributed by atoms with E-state index in [0.717, 1.165) is 63.1 Å². The van der Waals surface area contributed by atoms with Gasteiger partial charge in [-0.05, 0) is 67.7 Å². The molecular formula is C32H41N11O4. The van der Waals surface area contributed by atoms with Crippen LogP contribution in [0.1, 0.15) is 51.1 Å². The maximum atomic E-state index is 9.65. The highest BCUT2D eigenvalue weighted by molar-refractivity contribution is 5.67. The van der Waals surface area contributed by atoms with Crippen LogP contribution in [0.5, 0.6) is 11.6 Å². The SMILES string of the molecule is CCOCCOc1nn(C2CCC(N3CCOCC3)CC2)cc1Nc1ncc(-c2ccc(C#N)c(OC(C)Cn3cnnn3)c2)cn1. The molecular weight excluding hydrogens is 602 g/mol. The summed E-state index contributed by atoms with van der Waals surface area (Å²) in [5, 5.41) is 29.0. The minimum absolute atomic E-state index is 0.269. The van der Waals surface area contributed by atoms with Gasteiger partial charge in [-0.15, -0.1) is 10.2 Å². The Morgan fingerprint density at radius 1 is 1.06 bits per heavy atom. The van der Waals surface area contributed by atoms with Gasteiger partial charge in [-0.25, -0.2) is 14.6 Å². The van der Waals surface area contributed by atoms with Crippen LogP contribution in [0, 0.1) is 11.3 Å². The van der Waals surface area contributed by atoms with E-state index in [-0.39, 0.29) is 6.10 Å². The summed E-state index contributed by atoms with van der Waals surface area (Å²) in [5.41, 5.74) is 2.73. The molecule has 15 heteroatoms. The first-order valence-corrected chi connectivity index (χ1v) is 16.2. The number of benzene rings is 1. The first kappa shape index (κ1) is 32.3. The number of nitrogens with zero attached hydrogens (tertiary/aromatic N) is 10. The van der Waals surface area contributed by atoms with Crippen molar-refractivity contribution in [3.63, 3.8) is 0 Å². The Bertz CT molecular complexity index is 1590. The molecule has 248 valence electrons. The number of aromatic nitrogens is 8. The minimum Gasteiger partial charge on any atom is -0.487 e. The molecule has 0 bridgehead atoms. The van der Waals surface area contributed by atoms with Crippen LogP contribution in [0.2, 0.25) is 0 Å². The fourth-order valence-electron chi connectivity index (χ4n) is 6.06. The molecule has 1 aliphatic heterocycles. The third kappa shape index (κ3) is 8.39. The average molecular weight is 644 g/mol. The van der Waals surface area contributed by atoms with Crippen LogP contribution >= 0.6 is 0 Å². The Morgan fingerprint density at radius 3 is 2.57 bits per heavy atom. The van der Waals surface area contributed by atoms with E-state index in [0.29, 0.717) is 67.3 Å². The quantitative estimate of drug-likeness (QED) is 0.198. The zero-order valence-electron chi connectivity index (χ0n) is 26.9. The van der Waals surface area contributed by atoms with Gasteiger partial charge in [0.15, 0.2) is 0 Å². The summed E-state index contributed by atoms with van der Waals surface area (Å²) >= 11 is 0. The van der Waals surface area contributed by atoms with Crippen LogP contribution in [-0.4, -0.2) is 103 Å². The fraction of sp³-hybridized carbons (Fsp3) is 0.531. The molecule has 1 saturated carbocycles. The molecule has 15 nitrogen and oxygen atoms in total. The molecule has 4 aromatic rings. The molecule has 2 aliphatic rings. The molecule has 1 saturated heterocycles. The molecule has 6 rings (SSSR count). The monoisotopic (exact) mass is 643 g/mol. The molecule has 1 aromatic carbocycles. The lowest BCUT2D eigenvalue weighted by atomic mass is 9.90. The fourth-order valence-corrected chi connectivity index (χ4v) is 6.06. The Hall–Kier alpha value is -4.65. The number of anilines is 2. The summed E-state index contributed by atoms with van der Waals surface area (Å²) in [7, 11) is 0. The third-order valence-corrected chi connectivity index (χ3v) is 8.47. The van der Waals surface area contributed by atoms with Crippen molar-refractivity contribution >= 4 is 11.6 Å². The minimum atomic E-state index is -0.269. The van der Waals surface area contributed by atoms with Crippen molar-refractivity contribution in [1.82, 2.24) is 44.9 Å². The van der Waals surface area contributed by atoms with Gasteiger partial charge in [-0.2, -0.15) is 5.26 Å². The molecule has 1 N–H and O–H groups in total. The van der Waals surface area contributed by atoms with Gasteiger partial charge in [-0.1, -0.05) is 6.07 Å². The third-order valence-electron chi connectivity index (χ3n) is 8.47. The molecule has 0 radical (unpaired) electrons. The Labute approximate surface area is 273 Å². The van der Waals surface area contributed by atoms with Gasteiger partial charge in [-0.3, -0.25) is 9.58 Å². The van der Waals surface area contributed by atoms with Crippen molar-refractivity contribution < 1.29 is 18.9 Å². The van der Waals surface area contributed by atoms with Crippen molar-refractivity contribution in [1.29, 1.82) is 5.26 Å². The van der Waals surface area contributed by atoms with E-state index in [1.807, 2.05) is 36.9 Å². The second-order valence-electron chi connectivity index (χ2n) is 11.7. The molecule has 1 aliphatic carbocycles. The lowest BCUT2D eigenvalue weighted by molar-refractivity contribution is 0.00502. The highest BCUT2D eigenvalue weighted by atomic mass is 16.5. The maximum Gasteiger partial charge on any atom is 0.257 e. The molecule has 3 aromatic heterocycles. The summed E-state index contributed by atoms with van der Waals surface area (Å²) in [6, 6.07) is 8.51. The summed E-state index contributed by atoms with van der Waals surface area (Å²) < 4.78 is 26.8. The van der Waals surface area contributed by atoms with Gasteiger partial charge in [0.25, 0.3) is 5.88 Å². The van der Waals surface area contributed by atoms with E-state index in [4.69, 9.17) is 24.0 Å². The molecule has 1 atom stereocenters. The number of nitriles is 1. The van der Waals surface area contributed by atoms with Crippen LogP contribution in [0.4, 0.5) is 11.6 Å². The van der Waals surface area contributed by atoms with Crippen LogP contribution in [-0.2, 0) is 16.0 Å². The first-order chi connectivity index (χ1) is 23.1. The van der Waals surface area contributed by atoms with Crippen molar-refractivity contribution in [2.24, 2.45) is 0 Å². The zero-order valence-corrected chi connectivity index (χ0v) is 26.9. The molecule has 47 heavy (non-hydrogen) atoms. The summed E-state index contributed by atoms with van der Waals surface area (Å²) in [4.78, 5) is 11.7. The largest absolute Gasteiger partial charge is 0.487 e. The predicted molar refractivity (Wildman–Crippen MR) is 171 cm³/mol. The number of hydrogen-bond acceptors (Lipinski definition) is 13. The molecule has 0 spiro atoms. The number of rotatable bonds is 14. The van der Waals surface area contributed by atoms with Gasteiger partial charge in [0.2, 0.25) is 5.95 Å². The highest BCUT2D eigenvalue weighted by Gasteiger charge is 2.29. The van der Waals surface area contributed by atoms with E-state index < -0.39 is 0 Å². The molecule has 4 heterocycles. The summed E-state index contributed by atoms with van der Waals surface area (Å²) in [6.07, 6.45) is 11.1. The standard InChI is InChI=1S/C32H41N11O4/c1-3-44-14-15-46-31-29(21-43(38-31)28-8-6-27(7-9-28)41-10-12-45-13-11-41)37-32-34-18-26(19-35-32)24-4-5-25(17-33)30(16-24)47-23(2)20-42-22-36-39-40-42/h4-5,16,18-19,21-23,27-28H,3,6-15,20H2,1-2H3,(H,34,35,37). The van der Waals surface area contributed by atoms with Gasteiger partial charge in [0, 0.05) is 43.7 Å². The smallest absolute Gasteiger partial charge is 0.257 e. The average Bonchev–Trinajstić information content (AvgIpc) is 3.77. The normalized spacial score (nSPS) is 19.2. The van der Waals surface area contributed by atoms with Crippen molar-refractivity contribution in [2.45, 2.75) is 64.3 Å². The lowest BCUT2D eigenvalue weighted by Crippen LogP contribution is -2.45. The number of ether oxygens (including phenoxy) is 4. The second kappa shape index (κ2) is 15.8. The Kier molecular flexibility index (Phi) is 10.8. The van der Waals surface area contributed by atoms with Crippen molar-refractivity contribution in [3.8, 4) is 28.8 Å². The van der Waals surface area contributed by atoms with E-state index >= 15 is 0 Å². The highest BCUT2D eigenvalue weighted by Crippen LogP contribution is 2.35. The molecule has 2 fully saturated rings. The number of tetrazole rings is 1. The van der Waals surface area contributed by atoms with Gasteiger partial charge >= 0.3 is 0 Å². The van der Waals surface area contributed by atoms with E-state index in [9.17, 15) is 5.26 Å². The first-order valence-electron chi connectivity index (χ1n) is 16.2. The lowest BCUT2D eigenvalue weighted by Gasteiger charge is -2.38. The maximum absolute atomic E-state index is 9.65. The Balaban J connectivity index is 1.13. The van der Waals surface area contributed by atoms with Crippen LogP contribution in [0.15, 0.2) is 43.1 Å². The molecule has 1 unspecified atom stereocenters. The van der Waals surface area contributed by atoms with Gasteiger partial charge < -0.3 is 24.3 Å². The zero-order chi connectivity index (χ0) is 32.4. The molecule has 0 amide bonds. The predicted octanol–water partition coefficient (Wildman–Crippen LogP) is 3.64. The summed E-state index contributed by atoms with van der Waals surface area (Å²) in [5.74, 6) is 1.38. The van der Waals surface area contributed by atoms with Crippen LogP contribution in [0.3, 0.4) is 0 Å². The number of hydrogen-bond donors (Lipinski definition) is 1. The van der Waals surface area contributed by atoms with Crippen molar-refractivity contribution in [2.75, 3.05) is 51.4 Å². The topological polar surface area (TPSA) is 163 Å². The van der Waals surface area contributed by atoms with Crippen LogP contribution in [0.25, 0.3) is 11.1 Å². The van der Waals surface area contributed by atoms with Crippen LogP contribution < -0.4 is 14.8 Å². The second-order valence-corrected chi connectivity index (χ2v) is 11.7. The van der Waals surface area contributed by atoms with E-state index in [2.05, 4.69) is 41.8 Å². The van der Waals surface area contributed by atoms with Crippen molar-refractivity contribution in [3.05, 3.63) is 48.7 Å². The number of nitrogens with one attached hydrogen (secondary N) is 1. The Morgan fingerprint density at radius 2 is 1.85 bits per heavy atom. The van der Waals surface area contributed by atoms with Gasteiger partial charge in [0.1, 0.15) is 36.5 Å². The van der Waals surface area contributed by atoms with Gasteiger partial charge in [0.05, 0.1) is 44.2 Å². The van der Waals surface area contributed by atoms with E-state index in [1.165, 1.54) is 6.33 Å². The van der Waals surface area contributed by atoms with E-state index in [1.54, 1.807) is 23.1 Å². The summed E-state index contributed by atoms with van der Waals surface area (Å²) in [6.45, 7) is 9.47. The number of morpholine rings is 1.